The highest BCUT2D eigenvalue weighted by molar-refractivity contribution is 5.70. The minimum atomic E-state index is -0.474. The Morgan fingerprint density at radius 3 is 2.25 bits per heavy atom. The van der Waals surface area contributed by atoms with Crippen molar-refractivity contribution in [2.24, 2.45) is 0 Å². The quantitative estimate of drug-likeness (QED) is 0.429. The van der Waals surface area contributed by atoms with Crippen LogP contribution in [0.1, 0.15) is 5.56 Å². The molecule has 0 saturated heterocycles. The van der Waals surface area contributed by atoms with Crippen LogP contribution in [0.2, 0.25) is 0 Å². The van der Waals surface area contributed by atoms with E-state index in [9.17, 15) is 10.1 Å². The van der Waals surface area contributed by atoms with E-state index in [0.29, 0.717) is 32.8 Å². The van der Waals surface area contributed by atoms with Crippen LogP contribution in [0, 0.1) is 10.1 Å². The Morgan fingerprint density at radius 1 is 1.07 bits per heavy atom. The van der Waals surface area contributed by atoms with Crippen molar-refractivity contribution in [2.45, 2.75) is 6.54 Å². The van der Waals surface area contributed by atoms with Gasteiger partial charge in [0.2, 0.25) is 11.6 Å². The summed E-state index contributed by atoms with van der Waals surface area (Å²) in [5.41, 5.74) is 0.758. The van der Waals surface area contributed by atoms with Crippen LogP contribution >= 0.6 is 0 Å². The lowest BCUT2D eigenvalue weighted by Gasteiger charge is -2.23. The lowest BCUT2D eigenvalue weighted by atomic mass is 10.2. The van der Waals surface area contributed by atoms with E-state index in [1.165, 1.54) is 6.33 Å². The highest BCUT2D eigenvalue weighted by Crippen LogP contribution is 2.32. The van der Waals surface area contributed by atoms with Gasteiger partial charge in [0.05, 0.1) is 25.2 Å². The first-order valence-electron chi connectivity index (χ1n) is 8.69. The zero-order valence-electron chi connectivity index (χ0n) is 16.3. The molecule has 1 N–H and O–H groups in total. The first kappa shape index (κ1) is 21.3. The molecule has 2 aromatic rings. The highest BCUT2D eigenvalue weighted by atomic mass is 16.6. The standard InChI is InChI=1S/C18H25N5O5/c1-26-10-8-22(9-11-27-2)18-16(23(24)25)17(20-13-21-18)19-12-14-4-6-15(28-3)7-5-14/h4-7,13H,8-12H2,1-3H3,(H,19,20,21). The van der Waals surface area contributed by atoms with Crippen LogP contribution in [0.4, 0.5) is 17.3 Å². The lowest BCUT2D eigenvalue weighted by molar-refractivity contribution is -0.383. The maximum Gasteiger partial charge on any atom is 0.353 e. The minimum absolute atomic E-state index is 0.158. The number of nitrogens with one attached hydrogen (secondary N) is 1. The van der Waals surface area contributed by atoms with E-state index < -0.39 is 4.92 Å². The van der Waals surface area contributed by atoms with Gasteiger partial charge in [-0.1, -0.05) is 12.1 Å². The number of methoxy groups -OCH3 is 3. The molecule has 1 heterocycles. The minimum Gasteiger partial charge on any atom is -0.497 e. The van der Waals surface area contributed by atoms with Gasteiger partial charge >= 0.3 is 5.69 Å². The van der Waals surface area contributed by atoms with Crippen molar-refractivity contribution >= 4 is 17.3 Å². The van der Waals surface area contributed by atoms with Gasteiger partial charge in [0.1, 0.15) is 12.1 Å². The van der Waals surface area contributed by atoms with Crippen molar-refractivity contribution in [1.29, 1.82) is 0 Å². The summed E-state index contributed by atoms with van der Waals surface area (Å²) in [5, 5.41) is 14.8. The largest absolute Gasteiger partial charge is 0.497 e. The monoisotopic (exact) mass is 391 g/mol. The number of hydrogen-bond acceptors (Lipinski definition) is 9. The van der Waals surface area contributed by atoms with Crippen LogP contribution in [0.15, 0.2) is 30.6 Å². The van der Waals surface area contributed by atoms with Gasteiger partial charge in [0, 0.05) is 33.9 Å². The Balaban J connectivity index is 2.25. The summed E-state index contributed by atoms with van der Waals surface area (Å²) in [5.74, 6) is 1.13. The molecule has 0 bridgehead atoms. The van der Waals surface area contributed by atoms with E-state index in [2.05, 4.69) is 15.3 Å². The first-order chi connectivity index (χ1) is 13.6. The summed E-state index contributed by atoms with van der Waals surface area (Å²) >= 11 is 0. The van der Waals surface area contributed by atoms with Crippen molar-refractivity contribution in [3.8, 4) is 5.75 Å². The molecule has 1 aromatic heterocycles. The number of nitro groups is 1. The van der Waals surface area contributed by atoms with Crippen LogP contribution in [-0.2, 0) is 16.0 Å². The zero-order valence-corrected chi connectivity index (χ0v) is 16.3. The maximum atomic E-state index is 11.8. The molecule has 152 valence electrons. The van der Waals surface area contributed by atoms with Gasteiger partial charge < -0.3 is 24.4 Å². The smallest absolute Gasteiger partial charge is 0.353 e. The van der Waals surface area contributed by atoms with Gasteiger partial charge in [0.25, 0.3) is 0 Å². The Hall–Kier alpha value is -2.98. The summed E-state index contributed by atoms with van der Waals surface area (Å²) in [7, 11) is 4.74. The predicted molar refractivity (Wildman–Crippen MR) is 105 cm³/mol. The Morgan fingerprint density at radius 2 is 1.71 bits per heavy atom. The summed E-state index contributed by atoms with van der Waals surface area (Å²) in [6, 6.07) is 7.41. The number of hydrogen-bond donors (Lipinski definition) is 1. The second-order valence-corrected chi connectivity index (χ2v) is 5.83. The number of benzene rings is 1. The number of rotatable bonds is 12. The van der Waals surface area contributed by atoms with Crippen LogP contribution in [0.25, 0.3) is 0 Å². The number of ether oxygens (including phenoxy) is 3. The summed E-state index contributed by atoms with van der Waals surface area (Å²) in [4.78, 5) is 21.3. The van der Waals surface area contributed by atoms with E-state index in [1.807, 2.05) is 24.3 Å². The van der Waals surface area contributed by atoms with Gasteiger partial charge in [-0.25, -0.2) is 9.97 Å². The molecule has 0 fully saturated rings. The summed E-state index contributed by atoms with van der Waals surface area (Å²) in [6.45, 7) is 2.06. The van der Waals surface area contributed by atoms with E-state index in [-0.39, 0.29) is 17.3 Å². The third-order valence-electron chi connectivity index (χ3n) is 4.03. The van der Waals surface area contributed by atoms with E-state index in [0.717, 1.165) is 11.3 Å². The topological polar surface area (TPSA) is 112 Å². The molecule has 0 aliphatic heterocycles. The summed E-state index contributed by atoms with van der Waals surface area (Å²) in [6.07, 6.45) is 1.31. The Kier molecular flexibility index (Phi) is 8.37. The fourth-order valence-corrected chi connectivity index (χ4v) is 2.55. The third-order valence-corrected chi connectivity index (χ3v) is 4.03. The van der Waals surface area contributed by atoms with Gasteiger partial charge in [-0.05, 0) is 17.7 Å². The van der Waals surface area contributed by atoms with Crippen molar-refractivity contribution in [3.63, 3.8) is 0 Å². The molecule has 2 rings (SSSR count). The third kappa shape index (κ3) is 5.76. The van der Waals surface area contributed by atoms with Crippen molar-refractivity contribution in [3.05, 3.63) is 46.3 Å². The van der Waals surface area contributed by atoms with Gasteiger partial charge in [-0.15, -0.1) is 0 Å². The number of nitrogens with zero attached hydrogens (tertiary/aromatic N) is 4. The van der Waals surface area contributed by atoms with Crippen LogP contribution in [0.3, 0.4) is 0 Å². The predicted octanol–water partition coefficient (Wildman–Crippen LogP) is 2.10. The molecule has 0 unspecified atom stereocenters. The Labute approximate surface area is 163 Å². The van der Waals surface area contributed by atoms with Gasteiger partial charge in [-0.3, -0.25) is 10.1 Å². The SMILES string of the molecule is COCCN(CCOC)c1ncnc(NCc2ccc(OC)cc2)c1[N+](=O)[O-]. The van der Waals surface area contributed by atoms with E-state index >= 15 is 0 Å². The second-order valence-electron chi connectivity index (χ2n) is 5.83. The second kappa shape index (κ2) is 11.0. The van der Waals surface area contributed by atoms with Crippen molar-refractivity contribution in [1.82, 2.24) is 9.97 Å². The van der Waals surface area contributed by atoms with Crippen LogP contribution < -0.4 is 15.0 Å². The molecule has 0 amide bonds. The molecule has 0 aliphatic rings. The lowest BCUT2D eigenvalue weighted by Crippen LogP contribution is -2.32. The van der Waals surface area contributed by atoms with Crippen LogP contribution in [-0.4, -0.2) is 62.5 Å². The number of aromatic nitrogens is 2. The maximum absolute atomic E-state index is 11.8. The molecule has 0 spiro atoms. The van der Waals surface area contributed by atoms with Crippen molar-refractivity contribution in [2.75, 3.05) is 57.8 Å². The average Bonchev–Trinajstić information content (AvgIpc) is 2.72. The molecule has 28 heavy (non-hydrogen) atoms. The first-order valence-corrected chi connectivity index (χ1v) is 8.69. The molecule has 10 nitrogen and oxygen atoms in total. The van der Waals surface area contributed by atoms with Gasteiger partial charge in [0.15, 0.2) is 0 Å². The van der Waals surface area contributed by atoms with Crippen LogP contribution in [0.5, 0.6) is 5.75 Å². The highest BCUT2D eigenvalue weighted by Gasteiger charge is 2.26. The molecule has 1 aromatic carbocycles. The molecule has 0 saturated carbocycles. The molecule has 0 radical (unpaired) electrons. The average molecular weight is 391 g/mol. The molecular weight excluding hydrogens is 366 g/mol. The fraction of sp³-hybridized carbons (Fsp3) is 0.444. The molecule has 10 heteroatoms. The summed E-state index contributed by atoms with van der Waals surface area (Å²) < 4.78 is 15.3. The Bertz CT molecular complexity index is 749. The van der Waals surface area contributed by atoms with E-state index in [4.69, 9.17) is 14.2 Å². The molecule has 0 atom stereocenters. The fourth-order valence-electron chi connectivity index (χ4n) is 2.55. The normalized spacial score (nSPS) is 10.5. The van der Waals surface area contributed by atoms with Gasteiger partial charge in [-0.2, -0.15) is 0 Å². The zero-order chi connectivity index (χ0) is 20.4. The molecular formula is C18H25N5O5. The van der Waals surface area contributed by atoms with Crippen molar-refractivity contribution < 1.29 is 19.1 Å². The van der Waals surface area contributed by atoms with E-state index in [1.54, 1.807) is 26.2 Å². The number of anilines is 2. The molecule has 0 aliphatic carbocycles.